The van der Waals surface area contributed by atoms with Gasteiger partial charge in [-0.2, -0.15) is 5.26 Å². The molecule has 0 aliphatic carbocycles. The highest BCUT2D eigenvalue weighted by Crippen LogP contribution is 2.12. The van der Waals surface area contributed by atoms with Crippen molar-refractivity contribution in [1.82, 2.24) is 0 Å². The molecule has 0 aromatic rings. The van der Waals surface area contributed by atoms with Crippen LogP contribution in [0.5, 0.6) is 0 Å². The molecule has 0 aliphatic rings. The van der Waals surface area contributed by atoms with Crippen molar-refractivity contribution in [3.05, 3.63) is 12.7 Å². The lowest BCUT2D eigenvalue weighted by Crippen LogP contribution is -2.16. The van der Waals surface area contributed by atoms with Crippen LogP contribution in [0.15, 0.2) is 12.7 Å². The maximum atomic E-state index is 11.2. The van der Waals surface area contributed by atoms with E-state index in [1.165, 1.54) is 0 Å². The molecule has 1 unspecified atom stereocenters. The maximum Gasteiger partial charge on any atom is 0.323 e. The van der Waals surface area contributed by atoms with Gasteiger partial charge in [0.15, 0.2) is 0 Å². The molecule has 15 heavy (non-hydrogen) atoms. The molecule has 0 aromatic heterocycles. The minimum absolute atomic E-state index is 0.341. The third-order valence-electron chi connectivity index (χ3n) is 2.13. The molecule has 84 valence electrons. The van der Waals surface area contributed by atoms with Crippen molar-refractivity contribution < 1.29 is 9.53 Å². The highest BCUT2D eigenvalue weighted by Gasteiger charge is 2.17. The number of rotatable bonds is 8. The summed E-state index contributed by atoms with van der Waals surface area (Å²) in [5.41, 5.74) is 0. The Hall–Kier alpha value is -1.30. The fraction of sp³-hybridized carbons (Fsp3) is 0.667. The minimum Gasteiger partial charge on any atom is -0.465 e. The topological polar surface area (TPSA) is 50.1 Å². The van der Waals surface area contributed by atoms with Crippen LogP contribution in [0.4, 0.5) is 0 Å². The molecular weight excluding hydrogens is 190 g/mol. The molecule has 0 saturated heterocycles. The van der Waals surface area contributed by atoms with Crippen molar-refractivity contribution in [3.63, 3.8) is 0 Å². The van der Waals surface area contributed by atoms with Gasteiger partial charge in [0.1, 0.15) is 5.92 Å². The van der Waals surface area contributed by atoms with Gasteiger partial charge in [-0.05, 0) is 26.2 Å². The molecule has 0 spiro atoms. The number of ether oxygens (including phenoxy) is 1. The van der Waals surface area contributed by atoms with Gasteiger partial charge >= 0.3 is 5.97 Å². The number of carbonyl (C=O) groups excluding carboxylic acids is 1. The summed E-state index contributed by atoms with van der Waals surface area (Å²) in [7, 11) is 0. The Labute approximate surface area is 91.7 Å². The fourth-order valence-electron chi connectivity index (χ4n) is 1.29. The molecule has 0 fully saturated rings. The third-order valence-corrected chi connectivity index (χ3v) is 2.13. The molecule has 0 radical (unpaired) electrons. The molecule has 0 heterocycles. The number of unbranched alkanes of at least 4 members (excludes halogenated alkanes) is 3. The SMILES string of the molecule is C=CCCCCCC(C#N)C(=O)OCC. The quantitative estimate of drug-likeness (QED) is 0.351. The second kappa shape index (κ2) is 9.26. The number of nitriles is 1. The van der Waals surface area contributed by atoms with Gasteiger partial charge in [0, 0.05) is 0 Å². The number of hydrogen-bond donors (Lipinski definition) is 0. The van der Waals surface area contributed by atoms with Crippen molar-refractivity contribution in [1.29, 1.82) is 5.26 Å². The second-order valence-corrected chi connectivity index (χ2v) is 3.36. The van der Waals surface area contributed by atoms with Crippen LogP contribution in [0.25, 0.3) is 0 Å². The van der Waals surface area contributed by atoms with Crippen LogP contribution in [0.2, 0.25) is 0 Å². The largest absolute Gasteiger partial charge is 0.465 e. The summed E-state index contributed by atoms with van der Waals surface area (Å²) in [6.07, 6.45) is 6.48. The lowest BCUT2D eigenvalue weighted by molar-refractivity contribution is -0.146. The van der Waals surface area contributed by atoms with Crippen molar-refractivity contribution >= 4 is 5.97 Å². The van der Waals surface area contributed by atoms with E-state index in [1.54, 1.807) is 6.92 Å². The van der Waals surface area contributed by atoms with Crippen LogP contribution in [-0.2, 0) is 9.53 Å². The van der Waals surface area contributed by atoms with Crippen LogP contribution >= 0.6 is 0 Å². The average Bonchev–Trinajstić information content (AvgIpc) is 2.23. The molecular formula is C12H19NO2. The van der Waals surface area contributed by atoms with Crippen LogP contribution < -0.4 is 0 Å². The van der Waals surface area contributed by atoms with Crippen LogP contribution in [0.1, 0.15) is 39.0 Å². The van der Waals surface area contributed by atoms with Crippen LogP contribution in [0.3, 0.4) is 0 Å². The number of carbonyl (C=O) groups is 1. The molecule has 0 aliphatic heterocycles. The summed E-state index contributed by atoms with van der Waals surface area (Å²) in [6, 6.07) is 1.98. The molecule has 0 N–H and O–H groups in total. The van der Waals surface area contributed by atoms with Crippen molar-refractivity contribution in [2.75, 3.05) is 6.61 Å². The zero-order chi connectivity index (χ0) is 11.5. The number of allylic oxidation sites excluding steroid dienone is 1. The maximum absolute atomic E-state index is 11.2. The highest BCUT2D eigenvalue weighted by molar-refractivity contribution is 5.75. The Morgan fingerprint density at radius 2 is 2.27 bits per heavy atom. The first-order valence-electron chi connectivity index (χ1n) is 5.43. The normalized spacial score (nSPS) is 11.5. The van der Waals surface area contributed by atoms with Crippen molar-refractivity contribution in [2.24, 2.45) is 5.92 Å². The molecule has 1 atom stereocenters. The molecule has 0 saturated carbocycles. The van der Waals surface area contributed by atoms with E-state index in [0.717, 1.165) is 25.7 Å². The van der Waals surface area contributed by atoms with E-state index in [0.29, 0.717) is 13.0 Å². The zero-order valence-corrected chi connectivity index (χ0v) is 9.37. The van der Waals surface area contributed by atoms with E-state index in [4.69, 9.17) is 10.00 Å². The van der Waals surface area contributed by atoms with Gasteiger partial charge in [-0.25, -0.2) is 0 Å². The minimum atomic E-state index is -0.589. The Balaban J connectivity index is 3.67. The van der Waals surface area contributed by atoms with Crippen LogP contribution in [-0.4, -0.2) is 12.6 Å². The highest BCUT2D eigenvalue weighted by atomic mass is 16.5. The number of esters is 1. The number of nitrogens with zero attached hydrogens (tertiary/aromatic N) is 1. The summed E-state index contributed by atoms with van der Waals surface area (Å²) in [5, 5.41) is 8.76. The van der Waals surface area contributed by atoms with Gasteiger partial charge in [-0.1, -0.05) is 18.9 Å². The summed E-state index contributed by atoms with van der Waals surface area (Å²) < 4.78 is 4.80. The predicted octanol–water partition coefficient (Wildman–Crippen LogP) is 2.83. The first-order chi connectivity index (χ1) is 7.26. The number of hydrogen-bond acceptors (Lipinski definition) is 3. The summed E-state index contributed by atoms with van der Waals surface area (Å²) in [4.78, 5) is 11.2. The molecule has 3 heteroatoms. The van der Waals surface area contributed by atoms with Gasteiger partial charge in [0.25, 0.3) is 0 Å². The van der Waals surface area contributed by atoms with E-state index >= 15 is 0 Å². The zero-order valence-electron chi connectivity index (χ0n) is 9.37. The molecule has 0 amide bonds. The van der Waals surface area contributed by atoms with Gasteiger partial charge in [0.05, 0.1) is 12.7 Å². The first kappa shape index (κ1) is 13.7. The smallest absolute Gasteiger partial charge is 0.323 e. The summed E-state index contributed by atoms with van der Waals surface area (Å²) in [6.45, 7) is 5.72. The third kappa shape index (κ3) is 6.73. The van der Waals surface area contributed by atoms with E-state index < -0.39 is 5.92 Å². The standard InChI is InChI=1S/C12H19NO2/c1-3-5-6-7-8-9-11(10-13)12(14)15-4-2/h3,11H,1,4-9H2,2H3. The van der Waals surface area contributed by atoms with Gasteiger partial charge in [0.2, 0.25) is 0 Å². The Kier molecular flexibility index (Phi) is 8.46. The van der Waals surface area contributed by atoms with Gasteiger partial charge in [-0.3, -0.25) is 4.79 Å². The lowest BCUT2D eigenvalue weighted by atomic mass is 10.0. The van der Waals surface area contributed by atoms with E-state index in [1.807, 2.05) is 12.1 Å². The molecule has 3 nitrogen and oxygen atoms in total. The molecule has 0 bridgehead atoms. The Bertz CT molecular complexity index is 230. The van der Waals surface area contributed by atoms with Crippen LogP contribution in [0, 0.1) is 17.2 Å². The summed E-state index contributed by atoms with van der Waals surface area (Å²) in [5.74, 6) is -0.975. The Morgan fingerprint density at radius 1 is 1.53 bits per heavy atom. The fourth-order valence-corrected chi connectivity index (χ4v) is 1.29. The van der Waals surface area contributed by atoms with E-state index in [-0.39, 0.29) is 5.97 Å². The lowest BCUT2D eigenvalue weighted by Gasteiger charge is -2.07. The van der Waals surface area contributed by atoms with Crippen molar-refractivity contribution in [3.8, 4) is 6.07 Å². The average molecular weight is 209 g/mol. The molecule has 0 aromatic carbocycles. The Morgan fingerprint density at radius 3 is 2.80 bits per heavy atom. The molecule has 0 rings (SSSR count). The predicted molar refractivity (Wildman–Crippen MR) is 59.0 cm³/mol. The van der Waals surface area contributed by atoms with E-state index in [9.17, 15) is 4.79 Å². The summed E-state index contributed by atoms with van der Waals surface area (Å²) >= 11 is 0. The monoisotopic (exact) mass is 209 g/mol. The van der Waals surface area contributed by atoms with Gasteiger partial charge < -0.3 is 4.74 Å². The van der Waals surface area contributed by atoms with Gasteiger partial charge in [-0.15, -0.1) is 6.58 Å². The second-order valence-electron chi connectivity index (χ2n) is 3.36. The van der Waals surface area contributed by atoms with E-state index in [2.05, 4.69) is 6.58 Å². The van der Waals surface area contributed by atoms with Crippen molar-refractivity contribution in [2.45, 2.75) is 39.0 Å². The first-order valence-corrected chi connectivity index (χ1v) is 5.43.